The number of nitrogens with one attached hydrogen (secondary N) is 1. The van der Waals surface area contributed by atoms with E-state index in [4.69, 9.17) is 0 Å². The van der Waals surface area contributed by atoms with E-state index in [0.29, 0.717) is 11.5 Å². The van der Waals surface area contributed by atoms with Crippen LogP contribution in [0.25, 0.3) is 0 Å². The van der Waals surface area contributed by atoms with E-state index in [0.717, 1.165) is 23.0 Å². The molecule has 0 aliphatic heterocycles. The van der Waals surface area contributed by atoms with E-state index < -0.39 is 0 Å². The number of hydrogen-bond donors (Lipinski definition) is 1. The summed E-state index contributed by atoms with van der Waals surface area (Å²) in [5.74, 6) is 0.788. The molecule has 1 fully saturated rings. The van der Waals surface area contributed by atoms with Crippen LogP contribution in [0.5, 0.6) is 0 Å². The molecule has 2 heteroatoms. The lowest BCUT2D eigenvalue weighted by Crippen LogP contribution is -2.43. The Bertz CT molecular complexity index is 213. The van der Waals surface area contributed by atoms with Gasteiger partial charge in [-0.1, -0.05) is 41.5 Å². The summed E-state index contributed by atoms with van der Waals surface area (Å²) in [6.45, 7) is 15.2. The van der Waals surface area contributed by atoms with Gasteiger partial charge in [0.2, 0.25) is 0 Å². The first-order chi connectivity index (χ1) is 7.38. The van der Waals surface area contributed by atoms with Crippen molar-refractivity contribution in [2.45, 2.75) is 70.9 Å². The topological polar surface area (TPSA) is 12.0 Å². The molecule has 0 amide bonds. The summed E-state index contributed by atoms with van der Waals surface area (Å²) in [7, 11) is 0. The number of thioether (sulfide) groups is 1. The van der Waals surface area contributed by atoms with Gasteiger partial charge in [-0.2, -0.15) is 11.8 Å². The third-order valence-electron chi connectivity index (χ3n) is 4.04. The summed E-state index contributed by atoms with van der Waals surface area (Å²) in [6, 6.07) is 0.698. The molecule has 1 rings (SSSR count). The molecule has 1 saturated carbocycles. The maximum atomic E-state index is 3.71. The first-order valence-electron chi connectivity index (χ1n) is 6.77. The predicted molar refractivity (Wildman–Crippen MR) is 76.2 cm³/mol. The smallest absolute Gasteiger partial charge is 0.0237 e. The molecule has 0 aromatic carbocycles. The minimum atomic E-state index is 0.477. The maximum absolute atomic E-state index is 3.71. The van der Waals surface area contributed by atoms with Gasteiger partial charge in [0.25, 0.3) is 0 Å². The van der Waals surface area contributed by atoms with Crippen LogP contribution in [0.3, 0.4) is 0 Å². The fraction of sp³-hybridized carbons (Fsp3) is 1.00. The van der Waals surface area contributed by atoms with Crippen LogP contribution in [0.1, 0.15) is 54.4 Å². The largest absolute Gasteiger partial charge is 0.313 e. The van der Waals surface area contributed by atoms with Crippen LogP contribution in [-0.2, 0) is 0 Å². The summed E-state index contributed by atoms with van der Waals surface area (Å²) in [5, 5.41) is 5.30. The van der Waals surface area contributed by atoms with Gasteiger partial charge in [0.05, 0.1) is 0 Å². The lowest BCUT2D eigenvalue weighted by Gasteiger charge is -2.32. The minimum Gasteiger partial charge on any atom is -0.313 e. The molecule has 0 aromatic rings. The predicted octanol–water partition coefficient (Wildman–Crippen LogP) is 3.93. The maximum Gasteiger partial charge on any atom is 0.0237 e. The Balaban J connectivity index is 2.59. The fourth-order valence-electron chi connectivity index (χ4n) is 2.55. The van der Waals surface area contributed by atoms with Gasteiger partial charge in [0.1, 0.15) is 0 Å². The molecule has 0 aromatic heterocycles. The van der Waals surface area contributed by atoms with Crippen molar-refractivity contribution in [3.05, 3.63) is 0 Å². The van der Waals surface area contributed by atoms with Gasteiger partial charge in [-0.15, -0.1) is 0 Å². The molecule has 3 atom stereocenters. The van der Waals surface area contributed by atoms with E-state index in [1.165, 1.54) is 12.8 Å². The summed E-state index contributed by atoms with van der Waals surface area (Å²) in [5.41, 5.74) is 0.477. The van der Waals surface area contributed by atoms with Crippen LogP contribution < -0.4 is 5.32 Å². The molecule has 0 spiro atoms. The molecule has 0 radical (unpaired) electrons. The van der Waals surface area contributed by atoms with Gasteiger partial charge < -0.3 is 5.32 Å². The Morgan fingerprint density at radius 3 is 2.44 bits per heavy atom. The van der Waals surface area contributed by atoms with Crippen LogP contribution in [-0.4, -0.2) is 23.1 Å². The van der Waals surface area contributed by atoms with E-state index in [1.54, 1.807) is 0 Å². The third-order valence-corrected chi connectivity index (χ3v) is 5.87. The van der Waals surface area contributed by atoms with Crippen molar-refractivity contribution in [2.75, 3.05) is 6.54 Å². The summed E-state index contributed by atoms with van der Waals surface area (Å²) < 4.78 is 0. The van der Waals surface area contributed by atoms with Gasteiger partial charge in [-0.3, -0.25) is 0 Å². The Morgan fingerprint density at radius 1 is 1.31 bits per heavy atom. The summed E-state index contributed by atoms with van der Waals surface area (Å²) in [4.78, 5) is 0. The molecule has 96 valence electrons. The molecule has 1 aliphatic rings. The van der Waals surface area contributed by atoms with Crippen LogP contribution >= 0.6 is 11.8 Å². The quantitative estimate of drug-likeness (QED) is 0.785. The fourth-order valence-corrected chi connectivity index (χ4v) is 4.29. The van der Waals surface area contributed by atoms with E-state index >= 15 is 0 Å². The molecule has 0 saturated heterocycles. The third kappa shape index (κ3) is 3.40. The Kier molecular flexibility index (Phi) is 5.18. The number of rotatable bonds is 5. The molecular weight excluding hydrogens is 214 g/mol. The summed E-state index contributed by atoms with van der Waals surface area (Å²) >= 11 is 2.20. The van der Waals surface area contributed by atoms with Crippen molar-refractivity contribution in [2.24, 2.45) is 11.3 Å². The average Bonchev–Trinajstić information content (AvgIpc) is 2.45. The van der Waals surface area contributed by atoms with Crippen LogP contribution in [0.2, 0.25) is 0 Å². The van der Waals surface area contributed by atoms with Gasteiger partial charge in [0, 0.05) is 16.5 Å². The monoisotopic (exact) mass is 243 g/mol. The molecular formula is C14H29NS. The molecule has 0 heterocycles. The second-order valence-corrected chi connectivity index (χ2v) is 7.81. The zero-order valence-electron chi connectivity index (χ0n) is 11.8. The van der Waals surface area contributed by atoms with Crippen molar-refractivity contribution in [1.82, 2.24) is 5.32 Å². The van der Waals surface area contributed by atoms with Crippen molar-refractivity contribution in [3.8, 4) is 0 Å². The molecule has 16 heavy (non-hydrogen) atoms. The lowest BCUT2D eigenvalue weighted by atomic mass is 9.87. The number of hydrogen-bond acceptors (Lipinski definition) is 2. The average molecular weight is 243 g/mol. The van der Waals surface area contributed by atoms with Gasteiger partial charge in [0.15, 0.2) is 0 Å². The normalized spacial score (nSPS) is 30.9. The Morgan fingerprint density at radius 2 is 1.94 bits per heavy atom. The highest BCUT2D eigenvalue weighted by Crippen LogP contribution is 2.44. The highest BCUT2D eigenvalue weighted by Gasteiger charge is 2.42. The van der Waals surface area contributed by atoms with Crippen molar-refractivity contribution < 1.29 is 0 Å². The zero-order chi connectivity index (χ0) is 12.3. The second kappa shape index (κ2) is 5.77. The molecule has 0 bridgehead atoms. The molecule has 1 N–H and O–H groups in total. The Labute approximate surface area is 106 Å². The SMILES string of the molecule is CCNC1C(SC(C)C(C)C)CCC1(C)C. The standard InChI is InChI=1S/C14H29NS/c1-7-15-13-12(8-9-14(13,5)6)16-11(4)10(2)3/h10-13,15H,7-9H2,1-6H3. The van der Waals surface area contributed by atoms with Crippen LogP contribution in [0, 0.1) is 11.3 Å². The van der Waals surface area contributed by atoms with Crippen molar-refractivity contribution >= 4 is 11.8 Å². The zero-order valence-corrected chi connectivity index (χ0v) is 12.7. The van der Waals surface area contributed by atoms with E-state index in [9.17, 15) is 0 Å². The van der Waals surface area contributed by atoms with E-state index in [2.05, 4.69) is 58.6 Å². The highest BCUT2D eigenvalue weighted by molar-refractivity contribution is 8.00. The molecule has 3 unspecified atom stereocenters. The first kappa shape index (κ1) is 14.4. The van der Waals surface area contributed by atoms with Crippen LogP contribution in [0.4, 0.5) is 0 Å². The van der Waals surface area contributed by atoms with Crippen molar-refractivity contribution in [1.29, 1.82) is 0 Å². The first-order valence-corrected chi connectivity index (χ1v) is 7.71. The van der Waals surface area contributed by atoms with Crippen molar-refractivity contribution in [3.63, 3.8) is 0 Å². The van der Waals surface area contributed by atoms with E-state index in [1.807, 2.05) is 0 Å². The molecule has 1 aliphatic carbocycles. The lowest BCUT2D eigenvalue weighted by molar-refractivity contribution is 0.290. The minimum absolute atomic E-state index is 0.477. The summed E-state index contributed by atoms with van der Waals surface area (Å²) in [6.07, 6.45) is 2.75. The van der Waals surface area contributed by atoms with Gasteiger partial charge in [-0.05, 0) is 30.7 Å². The van der Waals surface area contributed by atoms with Gasteiger partial charge >= 0.3 is 0 Å². The molecule has 1 nitrogen and oxygen atoms in total. The Hall–Kier alpha value is 0.310. The van der Waals surface area contributed by atoms with Gasteiger partial charge in [-0.25, -0.2) is 0 Å². The van der Waals surface area contributed by atoms with E-state index in [-0.39, 0.29) is 0 Å². The second-order valence-electron chi connectivity index (χ2n) is 6.19. The highest BCUT2D eigenvalue weighted by atomic mass is 32.2. The van der Waals surface area contributed by atoms with Crippen LogP contribution in [0.15, 0.2) is 0 Å².